The average Bonchev–Trinajstić information content (AvgIpc) is 3.12. The van der Waals surface area contributed by atoms with E-state index in [0.29, 0.717) is 17.9 Å². The summed E-state index contributed by atoms with van der Waals surface area (Å²) in [4.78, 5) is 19.0. The van der Waals surface area contributed by atoms with E-state index in [2.05, 4.69) is 25.8 Å². The smallest absolute Gasteiger partial charge is 0.368 e. The molecule has 7 heteroatoms. The first-order chi connectivity index (χ1) is 8.04. The number of rotatable bonds is 3. The first kappa shape index (κ1) is 12.7. The molecule has 92 valence electrons. The summed E-state index contributed by atoms with van der Waals surface area (Å²) in [6, 6.07) is 0. The van der Waals surface area contributed by atoms with Crippen molar-refractivity contribution in [2.45, 2.75) is 19.3 Å². The van der Waals surface area contributed by atoms with Gasteiger partial charge in [-0.2, -0.15) is 5.90 Å². The van der Waals surface area contributed by atoms with E-state index in [9.17, 15) is 9.18 Å². The van der Waals surface area contributed by atoms with Gasteiger partial charge in [0, 0.05) is 5.56 Å². The lowest BCUT2D eigenvalue weighted by Crippen LogP contribution is -2.15. The Balaban J connectivity index is 2.47. The van der Waals surface area contributed by atoms with Gasteiger partial charge in [-0.05, 0) is 41.1 Å². The number of nitrogens with two attached hydrogens (primary N) is 1. The molecule has 2 N–H and O–H groups in total. The van der Waals surface area contributed by atoms with Gasteiger partial charge >= 0.3 is 5.97 Å². The molecular formula is C10H9BrClFN2O2. The maximum absolute atomic E-state index is 13.8. The van der Waals surface area contributed by atoms with Gasteiger partial charge < -0.3 is 4.84 Å². The van der Waals surface area contributed by atoms with E-state index in [-0.39, 0.29) is 15.3 Å². The van der Waals surface area contributed by atoms with Gasteiger partial charge in [-0.3, -0.25) is 0 Å². The van der Waals surface area contributed by atoms with Crippen molar-refractivity contribution in [2.75, 3.05) is 0 Å². The Labute approximate surface area is 110 Å². The number of nitrogens with zero attached hydrogens (tertiary/aromatic N) is 1. The summed E-state index contributed by atoms with van der Waals surface area (Å²) in [6.07, 6.45) is 2.64. The number of pyridine rings is 1. The highest BCUT2D eigenvalue weighted by molar-refractivity contribution is 9.10. The first-order valence-corrected chi connectivity index (χ1v) is 6.16. The number of hydrogen-bond donors (Lipinski definition) is 1. The molecular weight excluding hydrogens is 314 g/mol. The minimum atomic E-state index is -0.851. The zero-order chi connectivity index (χ0) is 12.6. The van der Waals surface area contributed by atoms with Crippen LogP contribution in [0.1, 0.15) is 28.9 Å². The molecule has 1 aliphatic rings. The molecule has 1 fully saturated rings. The third-order valence-corrected chi connectivity index (χ3v) is 3.72. The molecule has 17 heavy (non-hydrogen) atoms. The van der Waals surface area contributed by atoms with Gasteiger partial charge in [0.1, 0.15) is 0 Å². The van der Waals surface area contributed by atoms with Crippen LogP contribution in [0, 0.1) is 11.7 Å². The number of carbonyl (C=O) groups is 1. The van der Waals surface area contributed by atoms with Crippen LogP contribution in [0.3, 0.4) is 0 Å². The largest absolute Gasteiger partial charge is 0.376 e. The van der Waals surface area contributed by atoms with Gasteiger partial charge in [0.2, 0.25) is 0 Å². The average molecular weight is 324 g/mol. The summed E-state index contributed by atoms with van der Waals surface area (Å²) in [5, 5.41) is -0.343. The third-order valence-electron chi connectivity index (χ3n) is 2.62. The van der Waals surface area contributed by atoms with E-state index >= 15 is 0 Å². The minimum Gasteiger partial charge on any atom is -0.368 e. The normalized spacial score (nSPS) is 14.8. The van der Waals surface area contributed by atoms with Crippen LogP contribution >= 0.6 is 27.5 Å². The van der Waals surface area contributed by atoms with Gasteiger partial charge in [0.15, 0.2) is 16.7 Å². The fraction of sp³-hybridized carbons (Fsp3) is 0.400. The molecule has 1 heterocycles. The van der Waals surface area contributed by atoms with Crippen molar-refractivity contribution < 1.29 is 14.0 Å². The summed E-state index contributed by atoms with van der Waals surface area (Å²) in [7, 11) is 0. The number of aromatic nitrogens is 1. The predicted octanol–water partition coefficient (Wildman–Crippen LogP) is 2.62. The Morgan fingerprint density at radius 2 is 2.29 bits per heavy atom. The van der Waals surface area contributed by atoms with Crippen molar-refractivity contribution >= 4 is 33.5 Å². The minimum absolute atomic E-state index is 0.102. The van der Waals surface area contributed by atoms with Crippen LogP contribution < -0.4 is 5.90 Å². The van der Waals surface area contributed by atoms with Crippen molar-refractivity contribution in [3.8, 4) is 0 Å². The van der Waals surface area contributed by atoms with Crippen LogP contribution in [0.5, 0.6) is 0 Å². The number of hydrogen-bond acceptors (Lipinski definition) is 4. The van der Waals surface area contributed by atoms with E-state index in [4.69, 9.17) is 17.5 Å². The van der Waals surface area contributed by atoms with Crippen LogP contribution in [-0.4, -0.2) is 11.0 Å². The maximum atomic E-state index is 13.8. The Kier molecular flexibility index (Phi) is 3.65. The standard InChI is InChI=1S/C10H9BrClFN2O2/c11-6-5(3-4-1-2-4)7(13)9(12)15-8(6)10(16)17-14/h4H,1-3,14H2. The highest BCUT2D eigenvalue weighted by Crippen LogP contribution is 2.37. The van der Waals surface area contributed by atoms with Gasteiger partial charge in [0.25, 0.3) is 0 Å². The topological polar surface area (TPSA) is 65.2 Å². The summed E-state index contributed by atoms with van der Waals surface area (Å²) < 4.78 is 14.1. The lowest BCUT2D eigenvalue weighted by Gasteiger charge is -2.09. The molecule has 0 radical (unpaired) electrons. The molecule has 0 aliphatic heterocycles. The fourth-order valence-electron chi connectivity index (χ4n) is 1.54. The molecule has 1 aliphatic carbocycles. The van der Waals surface area contributed by atoms with Crippen LogP contribution in [0.2, 0.25) is 5.15 Å². The second-order valence-corrected chi connectivity index (χ2v) is 5.06. The molecule has 4 nitrogen and oxygen atoms in total. The van der Waals surface area contributed by atoms with Crippen LogP contribution in [0.25, 0.3) is 0 Å². The molecule has 0 bridgehead atoms. The molecule has 1 saturated carbocycles. The van der Waals surface area contributed by atoms with Gasteiger partial charge in [-0.1, -0.05) is 11.6 Å². The zero-order valence-electron chi connectivity index (χ0n) is 8.67. The Morgan fingerprint density at radius 1 is 1.65 bits per heavy atom. The highest BCUT2D eigenvalue weighted by Gasteiger charge is 2.28. The van der Waals surface area contributed by atoms with E-state index in [1.54, 1.807) is 0 Å². The molecule has 0 amide bonds. The Morgan fingerprint density at radius 3 is 2.82 bits per heavy atom. The number of halogens is 3. The maximum Gasteiger partial charge on any atom is 0.376 e. The predicted molar refractivity (Wildman–Crippen MR) is 62.9 cm³/mol. The van der Waals surface area contributed by atoms with E-state index < -0.39 is 11.8 Å². The van der Waals surface area contributed by atoms with Crippen molar-refractivity contribution in [3.05, 3.63) is 26.7 Å². The van der Waals surface area contributed by atoms with Crippen LogP contribution in [0.15, 0.2) is 4.47 Å². The molecule has 2 rings (SSSR count). The molecule has 1 aromatic rings. The molecule has 0 aromatic carbocycles. The van der Waals surface area contributed by atoms with Crippen molar-refractivity contribution in [3.63, 3.8) is 0 Å². The lowest BCUT2D eigenvalue weighted by molar-refractivity contribution is 0.0495. The summed E-state index contributed by atoms with van der Waals surface area (Å²) in [6.45, 7) is 0. The molecule has 1 aromatic heterocycles. The summed E-state index contributed by atoms with van der Waals surface area (Å²) in [5.74, 6) is 3.77. The highest BCUT2D eigenvalue weighted by atomic mass is 79.9. The van der Waals surface area contributed by atoms with E-state index in [1.165, 1.54) is 0 Å². The Hall–Kier alpha value is -0.720. The summed E-state index contributed by atoms with van der Waals surface area (Å²) >= 11 is 8.79. The Bertz CT molecular complexity index is 480. The van der Waals surface area contributed by atoms with Gasteiger partial charge in [0.05, 0.1) is 4.47 Å². The first-order valence-electron chi connectivity index (χ1n) is 4.99. The lowest BCUT2D eigenvalue weighted by atomic mass is 10.1. The van der Waals surface area contributed by atoms with E-state index in [1.807, 2.05) is 0 Å². The number of carbonyl (C=O) groups excluding carboxylic acids is 1. The van der Waals surface area contributed by atoms with Gasteiger partial charge in [-0.15, -0.1) is 0 Å². The summed E-state index contributed by atoms with van der Waals surface area (Å²) in [5.41, 5.74) is 0.252. The SMILES string of the molecule is NOC(=O)c1nc(Cl)c(F)c(CC2CC2)c1Br. The molecule has 0 unspecified atom stereocenters. The second kappa shape index (κ2) is 4.88. The van der Waals surface area contributed by atoms with Crippen molar-refractivity contribution in [1.29, 1.82) is 0 Å². The van der Waals surface area contributed by atoms with Crippen molar-refractivity contribution in [1.82, 2.24) is 4.98 Å². The quantitative estimate of drug-likeness (QED) is 0.686. The van der Waals surface area contributed by atoms with Crippen LogP contribution in [0.4, 0.5) is 4.39 Å². The van der Waals surface area contributed by atoms with E-state index in [0.717, 1.165) is 12.8 Å². The molecule has 0 saturated heterocycles. The third kappa shape index (κ3) is 2.59. The molecule has 0 atom stereocenters. The zero-order valence-corrected chi connectivity index (χ0v) is 11.0. The van der Waals surface area contributed by atoms with Gasteiger partial charge in [-0.25, -0.2) is 14.2 Å². The molecule has 0 spiro atoms. The van der Waals surface area contributed by atoms with Crippen LogP contribution in [-0.2, 0) is 11.3 Å². The second-order valence-electron chi connectivity index (χ2n) is 3.91. The monoisotopic (exact) mass is 322 g/mol. The fourth-order valence-corrected chi connectivity index (χ4v) is 2.33. The van der Waals surface area contributed by atoms with Crippen molar-refractivity contribution in [2.24, 2.45) is 11.8 Å².